The van der Waals surface area contributed by atoms with Gasteiger partial charge in [-0.05, 0) is 42.7 Å². The molecule has 1 aliphatic rings. The quantitative estimate of drug-likeness (QED) is 0.183. The summed E-state index contributed by atoms with van der Waals surface area (Å²) in [6.45, 7) is 11.4. The van der Waals surface area contributed by atoms with Crippen molar-refractivity contribution in [2.75, 3.05) is 13.7 Å². The molecule has 3 aromatic heterocycles. The highest BCUT2D eigenvalue weighted by atomic mass is 35.5. The van der Waals surface area contributed by atoms with E-state index in [9.17, 15) is 4.79 Å². The molecule has 7 nitrogen and oxygen atoms in total. The third-order valence-electron chi connectivity index (χ3n) is 6.42. The molecule has 0 bridgehead atoms. The molecule has 0 aliphatic carbocycles. The van der Waals surface area contributed by atoms with Crippen molar-refractivity contribution in [1.82, 2.24) is 19.7 Å². The number of halogens is 1. The highest BCUT2D eigenvalue weighted by Gasteiger charge is 2.29. The van der Waals surface area contributed by atoms with Crippen LogP contribution in [0, 0.1) is 5.92 Å². The molecule has 1 N–H and O–H groups in total. The summed E-state index contributed by atoms with van der Waals surface area (Å²) in [4.78, 5) is 18.3. The fraction of sp³-hybridized carbons (Fsp3) is 0.433. The maximum Gasteiger partial charge on any atom is 0.218 e. The molecule has 1 aliphatic heterocycles. The zero-order chi connectivity index (χ0) is 27.7. The number of aryl methyl sites for hydroxylation is 1. The number of aromatic nitrogens is 4. The Morgan fingerprint density at radius 1 is 1.18 bits per heavy atom. The van der Waals surface area contributed by atoms with E-state index in [0.717, 1.165) is 59.3 Å². The standard InChI is InChI=1S/C26H27ClN4O3.2C2H6/c1-3-4-5-8-31-14-21(25(32)17-9-16-10-18(27)6-7-24(16)34-15-17)19-12-28-22(11-23(19)31)20-13-29-30-26(20)33-2;2*1-2/h6-7,10-14,17H,3-5,8-9,15H2,1-2H3,(H,29,30);2*1-2H3. The van der Waals surface area contributed by atoms with Crippen LogP contribution in [0.3, 0.4) is 0 Å². The molecule has 38 heavy (non-hydrogen) atoms. The highest BCUT2D eigenvalue weighted by Crippen LogP contribution is 2.34. The van der Waals surface area contributed by atoms with Crippen molar-refractivity contribution in [3.05, 3.63) is 59.0 Å². The van der Waals surface area contributed by atoms with Gasteiger partial charge in [-0.15, -0.1) is 0 Å². The summed E-state index contributed by atoms with van der Waals surface area (Å²) in [5.74, 6) is 1.16. The molecule has 0 saturated carbocycles. The molecule has 0 fully saturated rings. The number of nitrogens with zero attached hydrogens (tertiary/aromatic N) is 3. The van der Waals surface area contributed by atoms with Crippen LogP contribution in [-0.4, -0.2) is 39.2 Å². The highest BCUT2D eigenvalue weighted by molar-refractivity contribution is 6.30. The van der Waals surface area contributed by atoms with E-state index < -0.39 is 0 Å². The van der Waals surface area contributed by atoms with Crippen LogP contribution in [0.2, 0.25) is 5.02 Å². The number of Topliss-reactive ketones (excluding diaryl/α,β-unsaturated/α-hetero) is 1. The van der Waals surface area contributed by atoms with Gasteiger partial charge in [0.1, 0.15) is 5.75 Å². The van der Waals surface area contributed by atoms with Crippen LogP contribution in [0.4, 0.5) is 0 Å². The van der Waals surface area contributed by atoms with Gasteiger partial charge < -0.3 is 14.0 Å². The predicted molar refractivity (Wildman–Crippen MR) is 155 cm³/mol. The number of benzene rings is 1. The number of rotatable bonds is 8. The first-order valence-corrected chi connectivity index (χ1v) is 14.0. The van der Waals surface area contributed by atoms with Crippen LogP contribution in [0.15, 0.2) is 42.9 Å². The monoisotopic (exact) mass is 538 g/mol. The zero-order valence-electron chi connectivity index (χ0n) is 23.3. The van der Waals surface area contributed by atoms with Gasteiger partial charge in [-0.2, -0.15) is 5.10 Å². The number of hydrogen-bond acceptors (Lipinski definition) is 5. The fourth-order valence-electron chi connectivity index (χ4n) is 4.61. The molecule has 0 amide bonds. The van der Waals surface area contributed by atoms with Crippen molar-refractivity contribution in [2.45, 2.75) is 66.8 Å². The Balaban J connectivity index is 0.000000956. The molecule has 5 rings (SSSR count). The maximum absolute atomic E-state index is 13.7. The number of fused-ring (bicyclic) bond motifs is 2. The molecule has 4 aromatic rings. The minimum Gasteiger partial charge on any atom is -0.493 e. The first-order chi connectivity index (χ1) is 18.6. The minimum absolute atomic E-state index is 0.0697. The number of pyridine rings is 1. The lowest BCUT2D eigenvalue weighted by atomic mass is 9.90. The lowest BCUT2D eigenvalue weighted by Gasteiger charge is -2.24. The summed E-state index contributed by atoms with van der Waals surface area (Å²) >= 11 is 6.17. The maximum atomic E-state index is 13.7. The van der Waals surface area contributed by atoms with Crippen LogP contribution in [0.25, 0.3) is 22.2 Å². The van der Waals surface area contributed by atoms with Crippen molar-refractivity contribution in [3.63, 3.8) is 0 Å². The second kappa shape index (κ2) is 14.0. The molecule has 1 aromatic carbocycles. The Morgan fingerprint density at radius 2 is 1.97 bits per heavy atom. The van der Waals surface area contributed by atoms with Crippen molar-refractivity contribution in [2.24, 2.45) is 5.92 Å². The number of aromatic amines is 1. The van der Waals surface area contributed by atoms with Gasteiger partial charge in [0, 0.05) is 34.9 Å². The Morgan fingerprint density at radius 3 is 2.71 bits per heavy atom. The average molecular weight is 539 g/mol. The third kappa shape index (κ3) is 6.21. The first kappa shape index (κ1) is 29.2. The van der Waals surface area contributed by atoms with Crippen molar-refractivity contribution in [3.8, 4) is 22.9 Å². The molecule has 1 unspecified atom stereocenters. The normalized spacial score (nSPS) is 13.9. The number of ketones is 1. The lowest BCUT2D eigenvalue weighted by molar-refractivity contribution is 0.0856. The largest absolute Gasteiger partial charge is 0.493 e. The Kier molecular flexibility index (Phi) is 10.8. The van der Waals surface area contributed by atoms with Gasteiger partial charge >= 0.3 is 0 Å². The van der Waals surface area contributed by atoms with E-state index in [1.807, 2.05) is 58.2 Å². The number of carbonyl (C=O) groups is 1. The van der Waals surface area contributed by atoms with Crippen molar-refractivity contribution >= 4 is 28.3 Å². The zero-order valence-corrected chi connectivity index (χ0v) is 24.1. The Hall–Kier alpha value is -3.32. The van der Waals surface area contributed by atoms with Gasteiger partial charge in [0.15, 0.2) is 5.78 Å². The third-order valence-corrected chi connectivity index (χ3v) is 6.65. The topological polar surface area (TPSA) is 82.0 Å². The van der Waals surface area contributed by atoms with Gasteiger partial charge in [0.2, 0.25) is 5.88 Å². The summed E-state index contributed by atoms with van der Waals surface area (Å²) in [6, 6.07) is 7.58. The molecule has 0 spiro atoms. The van der Waals surface area contributed by atoms with Crippen LogP contribution in [-0.2, 0) is 13.0 Å². The van der Waals surface area contributed by atoms with Gasteiger partial charge in [-0.1, -0.05) is 59.1 Å². The molecule has 0 radical (unpaired) electrons. The van der Waals surface area contributed by atoms with Gasteiger partial charge in [-0.25, -0.2) is 5.10 Å². The summed E-state index contributed by atoms with van der Waals surface area (Å²) < 4.78 is 13.4. The van der Waals surface area contributed by atoms with Gasteiger partial charge in [0.25, 0.3) is 0 Å². The van der Waals surface area contributed by atoms with E-state index in [-0.39, 0.29) is 11.7 Å². The van der Waals surface area contributed by atoms with Crippen molar-refractivity contribution in [1.29, 1.82) is 0 Å². The number of methoxy groups -OCH3 is 1. The predicted octanol–water partition coefficient (Wildman–Crippen LogP) is 7.77. The molecule has 8 heteroatoms. The molecular weight excluding hydrogens is 500 g/mol. The Bertz CT molecular complexity index is 1340. The SMILES string of the molecule is CC.CC.CCCCCn1cc(C(=O)C2COc3ccc(Cl)cc3C2)c2cnc(-c3cn[nH]c3OC)cc21. The molecule has 4 heterocycles. The van der Waals surface area contributed by atoms with E-state index in [4.69, 9.17) is 21.1 Å². The lowest BCUT2D eigenvalue weighted by Crippen LogP contribution is -2.28. The molecular formula is C30H39ClN4O3. The van der Waals surface area contributed by atoms with Crippen LogP contribution in [0.5, 0.6) is 11.6 Å². The summed E-state index contributed by atoms with van der Waals surface area (Å²) in [6.07, 6.45) is 9.37. The fourth-order valence-corrected chi connectivity index (χ4v) is 4.80. The average Bonchev–Trinajstić information content (AvgIpc) is 3.59. The number of ether oxygens (including phenoxy) is 2. The van der Waals surface area contributed by atoms with E-state index in [1.54, 1.807) is 19.5 Å². The summed E-state index contributed by atoms with van der Waals surface area (Å²) in [5, 5.41) is 8.42. The van der Waals surface area contributed by atoms with E-state index >= 15 is 0 Å². The second-order valence-electron chi connectivity index (χ2n) is 8.68. The van der Waals surface area contributed by atoms with E-state index in [2.05, 4.69) is 26.7 Å². The number of unbranched alkanes of at least 4 members (excludes halogenated alkanes) is 2. The number of carbonyl (C=O) groups excluding carboxylic acids is 1. The van der Waals surface area contributed by atoms with E-state index in [1.165, 1.54) is 0 Å². The van der Waals surface area contributed by atoms with E-state index in [0.29, 0.717) is 29.5 Å². The number of H-pyrrole nitrogens is 1. The molecule has 204 valence electrons. The van der Waals surface area contributed by atoms with Crippen LogP contribution in [0.1, 0.15) is 69.8 Å². The first-order valence-electron chi connectivity index (χ1n) is 13.6. The summed E-state index contributed by atoms with van der Waals surface area (Å²) in [5.41, 5.74) is 4.16. The van der Waals surface area contributed by atoms with Gasteiger partial charge in [0.05, 0.1) is 42.6 Å². The van der Waals surface area contributed by atoms with Crippen LogP contribution >= 0.6 is 11.6 Å². The second-order valence-corrected chi connectivity index (χ2v) is 9.11. The van der Waals surface area contributed by atoms with Crippen LogP contribution < -0.4 is 9.47 Å². The number of nitrogens with one attached hydrogen (secondary N) is 1. The minimum atomic E-state index is -0.269. The Labute approximate surface area is 230 Å². The molecule has 1 atom stereocenters. The van der Waals surface area contributed by atoms with Gasteiger partial charge in [-0.3, -0.25) is 9.78 Å². The number of hydrogen-bond donors (Lipinski definition) is 1. The molecule has 0 saturated heterocycles. The van der Waals surface area contributed by atoms with Crippen molar-refractivity contribution < 1.29 is 14.3 Å². The summed E-state index contributed by atoms with van der Waals surface area (Å²) in [7, 11) is 1.59. The smallest absolute Gasteiger partial charge is 0.218 e.